The van der Waals surface area contributed by atoms with Gasteiger partial charge in [0.05, 0.1) is 5.69 Å². The van der Waals surface area contributed by atoms with E-state index in [1.54, 1.807) is 0 Å². The predicted molar refractivity (Wildman–Crippen MR) is 72.3 cm³/mol. The molecule has 4 heteroatoms. The van der Waals surface area contributed by atoms with E-state index in [9.17, 15) is 0 Å². The van der Waals surface area contributed by atoms with E-state index in [1.807, 2.05) is 25.1 Å². The van der Waals surface area contributed by atoms with Gasteiger partial charge in [0.25, 0.3) is 0 Å². The summed E-state index contributed by atoms with van der Waals surface area (Å²) in [4.78, 5) is 4.17. The Morgan fingerprint density at radius 1 is 1.33 bits per heavy atom. The Kier molecular flexibility index (Phi) is 8.94. The first kappa shape index (κ1) is 14.8. The highest BCUT2D eigenvalue weighted by Gasteiger charge is 1.94. The van der Waals surface area contributed by atoms with Crippen LogP contribution in [0.15, 0.2) is 18.2 Å². The van der Waals surface area contributed by atoms with E-state index in [4.69, 9.17) is 10.5 Å². The van der Waals surface area contributed by atoms with Crippen LogP contribution in [0.1, 0.15) is 24.2 Å². The molecule has 0 unspecified atom stereocenters. The van der Waals surface area contributed by atoms with Crippen molar-refractivity contribution in [1.29, 1.82) is 0 Å². The summed E-state index contributed by atoms with van der Waals surface area (Å²) in [6.45, 7) is 4.49. The third kappa shape index (κ3) is 6.81. The van der Waals surface area contributed by atoms with Crippen LogP contribution in [0.25, 0.3) is 0 Å². The lowest BCUT2D eigenvalue weighted by Gasteiger charge is -1.94. The Bertz CT molecular complexity index is 257. The molecule has 0 aromatic carbocycles. The van der Waals surface area contributed by atoms with Gasteiger partial charge in [-0.15, -0.1) is 24.0 Å². The maximum atomic E-state index is 5.36. The number of pyridine rings is 1. The number of rotatable bonds is 1. The van der Waals surface area contributed by atoms with Gasteiger partial charge in [-0.1, -0.05) is 6.07 Å². The van der Waals surface area contributed by atoms with Crippen LogP contribution in [0.3, 0.4) is 0 Å². The fourth-order valence-corrected chi connectivity index (χ4v) is 1.22. The smallest absolute Gasteiger partial charge is 0.0542 e. The van der Waals surface area contributed by atoms with Gasteiger partial charge in [-0.2, -0.15) is 0 Å². The van der Waals surface area contributed by atoms with E-state index in [0.717, 1.165) is 24.6 Å². The number of aryl methyl sites for hydroxylation is 1. The minimum absolute atomic E-state index is 0. The molecule has 1 aliphatic rings. The SMILES string of the molecule is C1CCOC1.Cc1cccc(CN)n1.I. The summed E-state index contributed by atoms with van der Waals surface area (Å²) in [5, 5.41) is 0. The minimum atomic E-state index is 0. The fourth-order valence-electron chi connectivity index (χ4n) is 1.22. The summed E-state index contributed by atoms with van der Waals surface area (Å²) in [5.74, 6) is 0. The van der Waals surface area contributed by atoms with Crippen LogP contribution in [-0.2, 0) is 11.3 Å². The monoisotopic (exact) mass is 322 g/mol. The second-order valence-electron chi connectivity index (χ2n) is 3.29. The van der Waals surface area contributed by atoms with Crippen molar-refractivity contribution in [3.8, 4) is 0 Å². The molecule has 1 saturated heterocycles. The summed E-state index contributed by atoms with van der Waals surface area (Å²) in [7, 11) is 0. The van der Waals surface area contributed by atoms with Crippen molar-refractivity contribution in [1.82, 2.24) is 4.98 Å². The molecule has 1 aliphatic heterocycles. The molecule has 15 heavy (non-hydrogen) atoms. The lowest BCUT2D eigenvalue weighted by Crippen LogP contribution is -1.99. The normalized spacial score (nSPS) is 13.7. The average molecular weight is 322 g/mol. The molecule has 2 heterocycles. The van der Waals surface area contributed by atoms with Crippen molar-refractivity contribution in [2.24, 2.45) is 5.73 Å². The zero-order valence-electron chi connectivity index (χ0n) is 9.11. The molecule has 2 rings (SSSR count). The van der Waals surface area contributed by atoms with E-state index in [-0.39, 0.29) is 24.0 Å². The van der Waals surface area contributed by atoms with Crippen LogP contribution in [0.5, 0.6) is 0 Å². The van der Waals surface area contributed by atoms with Gasteiger partial charge in [-0.25, -0.2) is 0 Å². The van der Waals surface area contributed by atoms with Gasteiger partial charge < -0.3 is 10.5 Å². The number of ether oxygens (including phenoxy) is 1. The molecule has 1 aromatic rings. The Morgan fingerprint density at radius 2 is 2.00 bits per heavy atom. The number of nitrogens with two attached hydrogens (primary N) is 1. The van der Waals surface area contributed by atoms with Crippen molar-refractivity contribution in [3.63, 3.8) is 0 Å². The second kappa shape index (κ2) is 9.06. The van der Waals surface area contributed by atoms with Crippen LogP contribution >= 0.6 is 24.0 Å². The first-order valence-corrected chi connectivity index (χ1v) is 5.03. The second-order valence-corrected chi connectivity index (χ2v) is 3.29. The van der Waals surface area contributed by atoms with Crippen molar-refractivity contribution < 1.29 is 4.74 Å². The predicted octanol–water partition coefficient (Wildman–Crippen LogP) is 2.26. The molecule has 86 valence electrons. The molecular formula is C11H19IN2O. The Morgan fingerprint density at radius 3 is 2.33 bits per heavy atom. The molecule has 3 nitrogen and oxygen atoms in total. The molecule has 0 radical (unpaired) electrons. The summed E-state index contributed by atoms with van der Waals surface area (Å²) in [6, 6.07) is 5.84. The quantitative estimate of drug-likeness (QED) is 0.807. The van der Waals surface area contributed by atoms with E-state index in [0.29, 0.717) is 6.54 Å². The molecule has 1 aromatic heterocycles. The van der Waals surface area contributed by atoms with Gasteiger partial charge >= 0.3 is 0 Å². The third-order valence-electron chi connectivity index (χ3n) is 1.98. The van der Waals surface area contributed by atoms with E-state index in [1.165, 1.54) is 12.8 Å². The summed E-state index contributed by atoms with van der Waals surface area (Å²) < 4.78 is 4.94. The van der Waals surface area contributed by atoms with Crippen LogP contribution in [0, 0.1) is 6.92 Å². The average Bonchev–Trinajstić information content (AvgIpc) is 2.75. The van der Waals surface area contributed by atoms with Crippen LogP contribution in [0.2, 0.25) is 0 Å². The number of halogens is 1. The first-order chi connectivity index (χ1) is 6.83. The number of hydrogen-bond acceptors (Lipinski definition) is 3. The number of nitrogens with zero attached hydrogens (tertiary/aromatic N) is 1. The summed E-state index contributed by atoms with van der Waals surface area (Å²) in [6.07, 6.45) is 2.56. The molecule has 0 saturated carbocycles. The van der Waals surface area contributed by atoms with Crippen molar-refractivity contribution in [2.45, 2.75) is 26.3 Å². The molecular weight excluding hydrogens is 303 g/mol. The Labute approximate surface area is 108 Å². The zero-order chi connectivity index (χ0) is 10.2. The van der Waals surface area contributed by atoms with Crippen molar-refractivity contribution in [2.75, 3.05) is 13.2 Å². The standard InChI is InChI=1S/C7H10N2.C4H8O.HI/c1-6-3-2-4-7(5-8)9-6;1-2-4-5-3-1;/h2-4H,5,8H2,1H3;1-4H2;1H. The lowest BCUT2D eigenvalue weighted by molar-refractivity contribution is 0.198. The minimum Gasteiger partial charge on any atom is -0.381 e. The van der Waals surface area contributed by atoms with E-state index in [2.05, 4.69) is 4.98 Å². The summed E-state index contributed by atoms with van der Waals surface area (Å²) >= 11 is 0. The third-order valence-corrected chi connectivity index (χ3v) is 1.98. The van der Waals surface area contributed by atoms with E-state index < -0.39 is 0 Å². The maximum absolute atomic E-state index is 5.36. The van der Waals surface area contributed by atoms with Crippen molar-refractivity contribution in [3.05, 3.63) is 29.6 Å². The van der Waals surface area contributed by atoms with E-state index >= 15 is 0 Å². The lowest BCUT2D eigenvalue weighted by atomic mass is 10.3. The molecule has 0 aliphatic carbocycles. The highest BCUT2D eigenvalue weighted by Crippen LogP contribution is 1.98. The van der Waals surface area contributed by atoms with Crippen LogP contribution in [0.4, 0.5) is 0 Å². The van der Waals surface area contributed by atoms with Gasteiger partial charge in [0.2, 0.25) is 0 Å². The van der Waals surface area contributed by atoms with Gasteiger partial charge in [0.1, 0.15) is 0 Å². The highest BCUT2D eigenvalue weighted by molar-refractivity contribution is 14.0. The Balaban J connectivity index is 0.000000280. The number of aromatic nitrogens is 1. The fraction of sp³-hybridized carbons (Fsp3) is 0.545. The molecule has 0 bridgehead atoms. The van der Waals surface area contributed by atoms with Crippen LogP contribution in [-0.4, -0.2) is 18.2 Å². The topological polar surface area (TPSA) is 48.1 Å². The molecule has 2 N–H and O–H groups in total. The van der Waals surface area contributed by atoms with Crippen molar-refractivity contribution >= 4 is 24.0 Å². The molecule has 1 fully saturated rings. The maximum Gasteiger partial charge on any atom is 0.0542 e. The molecule has 0 atom stereocenters. The van der Waals surface area contributed by atoms with Gasteiger partial charge in [-0.05, 0) is 31.9 Å². The first-order valence-electron chi connectivity index (χ1n) is 5.03. The molecule has 0 spiro atoms. The summed E-state index contributed by atoms with van der Waals surface area (Å²) in [5.41, 5.74) is 7.34. The van der Waals surface area contributed by atoms with Crippen LogP contribution < -0.4 is 5.73 Å². The Hall–Kier alpha value is -0.200. The molecule has 0 amide bonds. The number of hydrogen-bond donors (Lipinski definition) is 1. The zero-order valence-corrected chi connectivity index (χ0v) is 11.4. The highest BCUT2D eigenvalue weighted by atomic mass is 127. The largest absolute Gasteiger partial charge is 0.381 e. The van der Waals surface area contributed by atoms with Gasteiger partial charge in [0, 0.05) is 25.5 Å². The van der Waals surface area contributed by atoms with Gasteiger partial charge in [0.15, 0.2) is 0 Å². The van der Waals surface area contributed by atoms with Gasteiger partial charge in [-0.3, -0.25) is 4.98 Å².